The predicted molar refractivity (Wildman–Crippen MR) is 120 cm³/mol. The lowest BCUT2D eigenvalue weighted by Crippen LogP contribution is -2.11. The van der Waals surface area contributed by atoms with E-state index in [4.69, 9.17) is 4.98 Å². The molecule has 0 saturated heterocycles. The summed E-state index contributed by atoms with van der Waals surface area (Å²) in [6, 6.07) is 19.9. The maximum atomic E-state index is 12.3. The Hall–Kier alpha value is -3.82. The molecule has 152 valence electrons. The van der Waals surface area contributed by atoms with E-state index in [1.165, 1.54) is 6.20 Å². The van der Waals surface area contributed by atoms with Gasteiger partial charge in [0.05, 0.1) is 11.1 Å². The van der Waals surface area contributed by atoms with Gasteiger partial charge < -0.3 is 9.87 Å². The Kier molecular flexibility index (Phi) is 4.81. The molecule has 3 heterocycles. The van der Waals surface area contributed by atoms with Crippen LogP contribution in [0.5, 0.6) is 0 Å². The van der Waals surface area contributed by atoms with Crippen molar-refractivity contribution in [3.05, 3.63) is 83.3 Å². The van der Waals surface area contributed by atoms with Gasteiger partial charge in [-0.05, 0) is 47.6 Å². The van der Waals surface area contributed by atoms with Crippen molar-refractivity contribution >= 4 is 39.4 Å². The molecule has 0 radical (unpaired) electrons. The lowest BCUT2D eigenvalue weighted by Gasteiger charge is -2.07. The van der Waals surface area contributed by atoms with Crippen molar-refractivity contribution in [1.82, 2.24) is 24.6 Å². The van der Waals surface area contributed by atoms with Gasteiger partial charge >= 0.3 is 0 Å². The molecule has 5 aromatic rings. The summed E-state index contributed by atoms with van der Waals surface area (Å²) in [5.41, 5.74) is 1.80. The largest absolute Gasteiger partial charge is 0.612 e. The summed E-state index contributed by atoms with van der Waals surface area (Å²) in [6.45, 7) is 0. The molecule has 8 nitrogen and oxygen atoms in total. The minimum absolute atomic E-state index is 0.265. The highest BCUT2D eigenvalue weighted by atomic mass is 32.2. The molecular weight excluding hydrogens is 412 g/mol. The first kappa shape index (κ1) is 19.2. The van der Waals surface area contributed by atoms with Gasteiger partial charge in [0.1, 0.15) is 11.9 Å². The number of hydrogen-bond donors (Lipinski definition) is 1. The average molecular weight is 428 g/mol. The summed E-state index contributed by atoms with van der Waals surface area (Å²) in [4.78, 5) is 26.2. The summed E-state index contributed by atoms with van der Waals surface area (Å²) in [5.74, 6) is 0.749. The summed E-state index contributed by atoms with van der Waals surface area (Å²) in [5, 5.41) is 8.49. The quantitative estimate of drug-likeness (QED) is 0.438. The number of hydrogen-bond acceptors (Lipinski definition) is 7. The highest BCUT2D eigenvalue weighted by Crippen LogP contribution is 2.28. The Morgan fingerprint density at radius 2 is 1.74 bits per heavy atom. The third kappa shape index (κ3) is 3.49. The number of nitrogens with zero attached hydrogens (tertiary/aromatic N) is 5. The van der Waals surface area contributed by atoms with Crippen LogP contribution < -0.4 is 10.9 Å². The number of para-hydroxylation sites is 1. The van der Waals surface area contributed by atoms with Crippen LogP contribution in [0.2, 0.25) is 0 Å². The van der Waals surface area contributed by atoms with Crippen LogP contribution >= 0.6 is 0 Å². The monoisotopic (exact) mass is 428 g/mol. The van der Waals surface area contributed by atoms with Crippen LogP contribution in [0.3, 0.4) is 0 Å². The number of rotatable bonds is 4. The van der Waals surface area contributed by atoms with Gasteiger partial charge in [-0.3, -0.25) is 4.79 Å². The van der Waals surface area contributed by atoms with Crippen LogP contribution in [-0.4, -0.2) is 35.4 Å². The van der Waals surface area contributed by atoms with E-state index in [0.29, 0.717) is 33.4 Å². The maximum Gasteiger partial charge on any atom is 0.293 e. The first-order valence-corrected chi connectivity index (χ1v) is 11.0. The molecule has 0 saturated carbocycles. The van der Waals surface area contributed by atoms with E-state index in [-0.39, 0.29) is 5.69 Å². The van der Waals surface area contributed by atoms with Crippen molar-refractivity contribution in [1.29, 1.82) is 0 Å². The van der Waals surface area contributed by atoms with Crippen LogP contribution in [0.25, 0.3) is 27.9 Å². The molecule has 0 fully saturated rings. The van der Waals surface area contributed by atoms with Crippen LogP contribution in [-0.2, 0) is 11.2 Å². The minimum atomic E-state index is -1.21. The van der Waals surface area contributed by atoms with Crippen molar-refractivity contribution in [2.45, 2.75) is 4.90 Å². The second-order valence-electron chi connectivity index (χ2n) is 6.75. The fraction of sp³-hybridized carbons (Fsp3) is 0.0455. The fourth-order valence-electron chi connectivity index (χ4n) is 3.32. The molecular formula is C22H16N6O2S. The Morgan fingerprint density at radius 1 is 0.968 bits per heavy atom. The van der Waals surface area contributed by atoms with Gasteiger partial charge in [0.15, 0.2) is 16.4 Å². The molecule has 1 atom stereocenters. The molecule has 0 aliphatic rings. The minimum Gasteiger partial charge on any atom is -0.612 e. The molecule has 2 aromatic carbocycles. The fourth-order valence-corrected chi connectivity index (χ4v) is 4.06. The van der Waals surface area contributed by atoms with E-state index < -0.39 is 16.7 Å². The number of benzene rings is 2. The number of fused-ring (bicyclic) bond motifs is 3. The zero-order valence-electron chi connectivity index (χ0n) is 16.4. The van der Waals surface area contributed by atoms with Crippen molar-refractivity contribution in [3.8, 4) is 11.4 Å². The van der Waals surface area contributed by atoms with Crippen molar-refractivity contribution in [2.24, 2.45) is 0 Å². The Labute approximate surface area is 179 Å². The second-order valence-corrected chi connectivity index (χ2v) is 8.10. The van der Waals surface area contributed by atoms with Crippen LogP contribution in [0.1, 0.15) is 0 Å². The van der Waals surface area contributed by atoms with Crippen LogP contribution in [0.4, 0.5) is 11.6 Å². The third-order valence-electron chi connectivity index (χ3n) is 4.75. The van der Waals surface area contributed by atoms with Crippen LogP contribution in [0, 0.1) is 0 Å². The molecule has 0 amide bonds. The molecule has 5 rings (SSSR count). The summed E-state index contributed by atoms with van der Waals surface area (Å²) < 4.78 is 13.8. The van der Waals surface area contributed by atoms with Gasteiger partial charge in [-0.2, -0.15) is 4.52 Å². The Morgan fingerprint density at radius 3 is 2.61 bits per heavy atom. The van der Waals surface area contributed by atoms with E-state index in [9.17, 15) is 9.35 Å². The van der Waals surface area contributed by atoms with Crippen molar-refractivity contribution in [3.63, 3.8) is 0 Å². The van der Waals surface area contributed by atoms with Crippen molar-refractivity contribution < 1.29 is 4.55 Å². The lowest BCUT2D eigenvalue weighted by atomic mass is 10.2. The van der Waals surface area contributed by atoms with Gasteiger partial charge in [-0.15, -0.1) is 5.10 Å². The van der Waals surface area contributed by atoms with E-state index in [1.54, 1.807) is 35.0 Å². The van der Waals surface area contributed by atoms with Gasteiger partial charge in [-0.25, -0.2) is 15.0 Å². The van der Waals surface area contributed by atoms with Crippen LogP contribution in [0.15, 0.2) is 82.6 Å². The van der Waals surface area contributed by atoms with E-state index >= 15 is 0 Å². The summed E-state index contributed by atoms with van der Waals surface area (Å²) in [6.07, 6.45) is 3.06. The topological polar surface area (TPSA) is 108 Å². The maximum absolute atomic E-state index is 12.3. The highest BCUT2D eigenvalue weighted by molar-refractivity contribution is 7.90. The standard InChI is InChI=1S/C22H16N6O2S/c1-31(30)18-12-5-3-9-15(18)19-26-20-14-8-2-4-10-16(14)24-22(28(20)27-19)25-17-11-6-7-13-23-21(17)29/h2-13H,1H3,(H,23,24,25,29). The van der Waals surface area contributed by atoms with E-state index in [0.717, 1.165) is 5.39 Å². The molecule has 1 N–H and O–H groups in total. The number of aromatic nitrogens is 5. The average Bonchev–Trinajstić information content (AvgIpc) is 3.14. The van der Waals surface area contributed by atoms with Crippen molar-refractivity contribution in [2.75, 3.05) is 11.6 Å². The van der Waals surface area contributed by atoms with Gasteiger partial charge in [0, 0.05) is 11.6 Å². The normalized spacial score (nSPS) is 12.2. The first-order chi connectivity index (χ1) is 15.1. The molecule has 0 aliphatic carbocycles. The van der Waals surface area contributed by atoms with E-state index in [1.807, 2.05) is 42.5 Å². The first-order valence-electron chi connectivity index (χ1n) is 9.42. The highest BCUT2D eigenvalue weighted by Gasteiger charge is 2.20. The zero-order valence-corrected chi connectivity index (χ0v) is 17.2. The second kappa shape index (κ2) is 7.78. The molecule has 0 spiro atoms. The molecule has 0 bridgehead atoms. The Bertz CT molecular complexity index is 1480. The SMILES string of the molecule is C[S+]([O-])c1ccccc1-c1nc2c3ccccc3nc(Nc3ccccnc3=O)n2n1. The lowest BCUT2D eigenvalue weighted by molar-refractivity contribution is 0.601. The molecule has 31 heavy (non-hydrogen) atoms. The zero-order chi connectivity index (χ0) is 21.4. The third-order valence-corrected chi connectivity index (χ3v) is 5.72. The molecule has 0 aliphatic heterocycles. The smallest absolute Gasteiger partial charge is 0.293 e. The summed E-state index contributed by atoms with van der Waals surface area (Å²) >= 11 is -1.21. The Balaban J connectivity index is 1.77. The van der Waals surface area contributed by atoms with Gasteiger partial charge in [0.2, 0.25) is 5.95 Å². The van der Waals surface area contributed by atoms with Gasteiger partial charge in [0.25, 0.3) is 5.56 Å². The van der Waals surface area contributed by atoms with Gasteiger partial charge in [-0.1, -0.05) is 30.3 Å². The summed E-state index contributed by atoms with van der Waals surface area (Å²) in [7, 11) is 0. The van der Waals surface area contributed by atoms with E-state index in [2.05, 4.69) is 20.4 Å². The molecule has 1 unspecified atom stereocenters. The predicted octanol–water partition coefficient (Wildman–Crippen LogP) is 3.18. The molecule has 3 aromatic heterocycles. The molecule has 9 heteroatoms. The number of anilines is 2. The number of nitrogens with one attached hydrogen (secondary N) is 1.